The van der Waals surface area contributed by atoms with Gasteiger partial charge in [-0.25, -0.2) is 0 Å². The summed E-state index contributed by atoms with van der Waals surface area (Å²) in [6, 6.07) is 10.8. The van der Waals surface area contributed by atoms with Crippen molar-refractivity contribution in [3.63, 3.8) is 0 Å². The van der Waals surface area contributed by atoms with Gasteiger partial charge in [0.1, 0.15) is 0 Å². The highest BCUT2D eigenvalue weighted by Crippen LogP contribution is 2.26. The zero-order chi connectivity index (χ0) is 16.2. The Balaban J connectivity index is 1.77. The first-order valence-electron chi connectivity index (χ1n) is 8.50. The number of aryl methyl sites for hydroxylation is 1. The number of hydrogen-bond acceptors (Lipinski definition) is 2. The van der Waals surface area contributed by atoms with E-state index in [0.717, 1.165) is 37.1 Å². The molecule has 1 saturated carbocycles. The summed E-state index contributed by atoms with van der Waals surface area (Å²) < 4.78 is 1.78. The average Bonchev–Trinajstić information content (AvgIpc) is 3.20. The van der Waals surface area contributed by atoms with Gasteiger partial charge < -0.3 is 4.90 Å². The maximum absolute atomic E-state index is 13.1. The summed E-state index contributed by atoms with van der Waals surface area (Å²) in [5, 5.41) is 4.23. The van der Waals surface area contributed by atoms with E-state index in [9.17, 15) is 4.79 Å². The molecule has 1 aromatic heterocycles. The standard InChI is InChI=1S/C19H25N3O/c1-15-18(14-20-21(15)2)19(23)22(17-10-6-7-11-17)13-12-16-8-4-3-5-9-16/h3-5,8-9,14,17H,6-7,10-13H2,1-2H3. The van der Waals surface area contributed by atoms with Crippen LogP contribution in [0.4, 0.5) is 0 Å². The summed E-state index contributed by atoms with van der Waals surface area (Å²) in [5.41, 5.74) is 2.97. The molecule has 1 heterocycles. The van der Waals surface area contributed by atoms with E-state index in [-0.39, 0.29) is 5.91 Å². The van der Waals surface area contributed by atoms with Crippen molar-refractivity contribution in [3.8, 4) is 0 Å². The normalized spacial score (nSPS) is 15.0. The van der Waals surface area contributed by atoms with Crippen LogP contribution >= 0.6 is 0 Å². The van der Waals surface area contributed by atoms with Gasteiger partial charge in [-0.1, -0.05) is 43.2 Å². The fourth-order valence-electron chi connectivity index (χ4n) is 3.42. The lowest BCUT2D eigenvalue weighted by molar-refractivity contribution is 0.0683. The van der Waals surface area contributed by atoms with Crippen LogP contribution in [0.25, 0.3) is 0 Å². The lowest BCUT2D eigenvalue weighted by Gasteiger charge is -2.29. The van der Waals surface area contributed by atoms with Gasteiger partial charge >= 0.3 is 0 Å². The van der Waals surface area contributed by atoms with Crippen molar-refractivity contribution < 1.29 is 4.79 Å². The summed E-state index contributed by atoms with van der Waals surface area (Å²) in [7, 11) is 1.88. The number of carbonyl (C=O) groups is 1. The first kappa shape index (κ1) is 15.8. The molecule has 0 saturated heterocycles. The van der Waals surface area contributed by atoms with Crippen LogP contribution in [0.1, 0.15) is 47.3 Å². The van der Waals surface area contributed by atoms with Crippen molar-refractivity contribution in [1.82, 2.24) is 14.7 Å². The van der Waals surface area contributed by atoms with Crippen LogP contribution in [0, 0.1) is 6.92 Å². The molecule has 0 N–H and O–H groups in total. The van der Waals surface area contributed by atoms with Gasteiger partial charge in [-0.15, -0.1) is 0 Å². The van der Waals surface area contributed by atoms with Gasteiger partial charge in [-0.05, 0) is 31.7 Å². The van der Waals surface area contributed by atoms with Crippen molar-refractivity contribution in [1.29, 1.82) is 0 Å². The third-order valence-electron chi connectivity index (χ3n) is 4.98. The highest BCUT2D eigenvalue weighted by atomic mass is 16.2. The number of rotatable bonds is 5. The third kappa shape index (κ3) is 3.46. The quantitative estimate of drug-likeness (QED) is 0.849. The van der Waals surface area contributed by atoms with Gasteiger partial charge in [0.15, 0.2) is 0 Å². The molecule has 23 heavy (non-hydrogen) atoms. The van der Waals surface area contributed by atoms with Crippen molar-refractivity contribution in [3.05, 3.63) is 53.3 Å². The topological polar surface area (TPSA) is 38.1 Å². The summed E-state index contributed by atoms with van der Waals surface area (Å²) in [4.78, 5) is 15.1. The van der Waals surface area contributed by atoms with Crippen LogP contribution in [-0.4, -0.2) is 33.2 Å². The van der Waals surface area contributed by atoms with Crippen molar-refractivity contribution in [2.75, 3.05) is 6.54 Å². The molecule has 122 valence electrons. The molecular formula is C19H25N3O. The van der Waals surface area contributed by atoms with Gasteiger partial charge in [-0.3, -0.25) is 9.48 Å². The van der Waals surface area contributed by atoms with E-state index in [2.05, 4.69) is 34.3 Å². The molecule has 4 heteroatoms. The molecule has 1 aliphatic rings. The molecule has 0 bridgehead atoms. The molecule has 0 radical (unpaired) electrons. The number of nitrogens with zero attached hydrogens (tertiary/aromatic N) is 3. The minimum atomic E-state index is 0.137. The Labute approximate surface area is 138 Å². The van der Waals surface area contributed by atoms with Crippen LogP contribution in [-0.2, 0) is 13.5 Å². The van der Waals surface area contributed by atoms with Gasteiger partial charge in [0.25, 0.3) is 5.91 Å². The van der Waals surface area contributed by atoms with E-state index in [1.165, 1.54) is 18.4 Å². The van der Waals surface area contributed by atoms with E-state index in [4.69, 9.17) is 0 Å². The molecular weight excluding hydrogens is 286 g/mol. The molecule has 0 atom stereocenters. The number of benzene rings is 1. The molecule has 1 amide bonds. The molecule has 3 rings (SSSR count). The summed E-state index contributed by atoms with van der Waals surface area (Å²) in [6.07, 6.45) is 7.32. The van der Waals surface area contributed by atoms with E-state index < -0.39 is 0 Å². The highest BCUT2D eigenvalue weighted by Gasteiger charge is 2.28. The fourth-order valence-corrected chi connectivity index (χ4v) is 3.42. The largest absolute Gasteiger partial charge is 0.335 e. The third-order valence-corrected chi connectivity index (χ3v) is 4.98. The number of carbonyl (C=O) groups excluding carboxylic acids is 1. The molecule has 1 aliphatic carbocycles. The van der Waals surface area contributed by atoms with Crippen molar-refractivity contribution >= 4 is 5.91 Å². The second kappa shape index (κ2) is 6.99. The summed E-state index contributed by atoms with van der Waals surface area (Å²) in [5.74, 6) is 0.137. The Morgan fingerprint density at radius 2 is 1.96 bits per heavy atom. The summed E-state index contributed by atoms with van der Waals surface area (Å²) in [6.45, 7) is 2.74. The molecule has 2 aromatic rings. The van der Waals surface area contributed by atoms with Crippen LogP contribution in [0.3, 0.4) is 0 Å². The molecule has 0 unspecified atom stereocenters. The SMILES string of the molecule is Cc1c(C(=O)N(CCc2ccccc2)C2CCCC2)cnn1C. The van der Waals surface area contributed by atoms with E-state index in [1.807, 2.05) is 20.0 Å². The predicted molar refractivity (Wildman–Crippen MR) is 91.4 cm³/mol. The lowest BCUT2D eigenvalue weighted by Crippen LogP contribution is -2.40. The molecule has 1 fully saturated rings. The Kier molecular flexibility index (Phi) is 4.79. The van der Waals surface area contributed by atoms with Gasteiger partial charge in [0, 0.05) is 25.3 Å². The first-order chi connectivity index (χ1) is 11.2. The predicted octanol–water partition coefficient (Wildman–Crippen LogP) is 3.36. The van der Waals surface area contributed by atoms with Crippen LogP contribution < -0.4 is 0 Å². The van der Waals surface area contributed by atoms with Gasteiger partial charge in [-0.2, -0.15) is 5.10 Å². The van der Waals surface area contributed by atoms with Crippen LogP contribution in [0.15, 0.2) is 36.5 Å². The van der Waals surface area contributed by atoms with Gasteiger partial charge in [0.2, 0.25) is 0 Å². The highest BCUT2D eigenvalue weighted by molar-refractivity contribution is 5.95. The molecule has 0 spiro atoms. The van der Waals surface area contributed by atoms with Gasteiger partial charge in [0.05, 0.1) is 11.8 Å². The maximum Gasteiger partial charge on any atom is 0.257 e. The number of amides is 1. The minimum Gasteiger partial charge on any atom is -0.335 e. The van der Waals surface area contributed by atoms with Crippen molar-refractivity contribution in [2.24, 2.45) is 7.05 Å². The number of hydrogen-bond donors (Lipinski definition) is 0. The monoisotopic (exact) mass is 311 g/mol. The second-order valence-electron chi connectivity index (χ2n) is 6.44. The zero-order valence-electron chi connectivity index (χ0n) is 14.0. The molecule has 0 aliphatic heterocycles. The Morgan fingerprint density at radius 1 is 1.26 bits per heavy atom. The van der Waals surface area contributed by atoms with Crippen LogP contribution in [0.5, 0.6) is 0 Å². The lowest BCUT2D eigenvalue weighted by atomic mass is 10.1. The Morgan fingerprint density at radius 3 is 2.57 bits per heavy atom. The smallest absolute Gasteiger partial charge is 0.257 e. The second-order valence-corrected chi connectivity index (χ2v) is 6.44. The van der Waals surface area contributed by atoms with E-state index in [0.29, 0.717) is 6.04 Å². The summed E-state index contributed by atoms with van der Waals surface area (Å²) >= 11 is 0. The first-order valence-corrected chi connectivity index (χ1v) is 8.50. The number of aromatic nitrogens is 2. The molecule has 1 aromatic carbocycles. The average molecular weight is 311 g/mol. The van der Waals surface area contributed by atoms with Crippen LogP contribution in [0.2, 0.25) is 0 Å². The Hall–Kier alpha value is -2.10. The minimum absolute atomic E-state index is 0.137. The van der Waals surface area contributed by atoms with E-state index >= 15 is 0 Å². The Bertz CT molecular complexity index is 657. The zero-order valence-corrected chi connectivity index (χ0v) is 14.0. The maximum atomic E-state index is 13.1. The van der Waals surface area contributed by atoms with E-state index in [1.54, 1.807) is 10.9 Å². The molecule has 4 nitrogen and oxygen atoms in total. The van der Waals surface area contributed by atoms with Crippen molar-refractivity contribution in [2.45, 2.75) is 45.1 Å². The fraction of sp³-hybridized carbons (Fsp3) is 0.474.